The third-order valence-corrected chi connectivity index (χ3v) is 7.16. The van der Waals surface area contributed by atoms with Crippen LogP contribution in [0.3, 0.4) is 0 Å². The smallest absolute Gasteiger partial charge is 0.252 e. The van der Waals surface area contributed by atoms with Crippen molar-refractivity contribution in [1.29, 1.82) is 0 Å². The minimum Gasteiger partial charge on any atom is -0.348 e. The Balaban J connectivity index is 1.81. The molecule has 19 heavy (non-hydrogen) atoms. The minimum atomic E-state index is 0.103. The molecule has 1 aromatic rings. The van der Waals surface area contributed by atoms with Crippen LogP contribution >= 0.6 is 33.9 Å². The minimum absolute atomic E-state index is 0.103. The fourth-order valence-corrected chi connectivity index (χ4v) is 5.63. The molecule has 0 aromatic carbocycles. The van der Waals surface area contributed by atoms with Gasteiger partial charge in [0.1, 0.15) is 0 Å². The second kappa shape index (κ2) is 4.45. The van der Waals surface area contributed by atoms with E-state index in [1.54, 1.807) is 11.3 Å². The second-order valence-corrected chi connectivity index (χ2v) is 9.77. The van der Waals surface area contributed by atoms with Crippen molar-refractivity contribution in [2.24, 2.45) is 16.7 Å². The summed E-state index contributed by atoms with van der Waals surface area (Å²) < 4.78 is 1.17. The molecule has 0 aliphatic heterocycles. The van der Waals surface area contributed by atoms with Crippen LogP contribution < -0.4 is 5.32 Å². The summed E-state index contributed by atoms with van der Waals surface area (Å²) in [6, 6.07) is 2.28. The van der Waals surface area contributed by atoms with E-state index >= 15 is 0 Å². The van der Waals surface area contributed by atoms with Crippen LogP contribution in [0.15, 0.2) is 11.4 Å². The standard InChI is InChI=1S/C15H20INOS/c1-14(2)10-4-5-15(3,7-10)13(14)17-12(18)9-6-11(16)19-8-9/h6,8,10,13H,4-5,7H2,1-3H3,(H,17,18). The van der Waals surface area contributed by atoms with Gasteiger partial charge in [-0.1, -0.05) is 20.8 Å². The molecule has 0 spiro atoms. The summed E-state index contributed by atoms with van der Waals surface area (Å²) in [6.45, 7) is 7.00. The maximum Gasteiger partial charge on any atom is 0.252 e. The molecule has 2 nitrogen and oxygen atoms in total. The van der Waals surface area contributed by atoms with E-state index in [4.69, 9.17) is 0 Å². The summed E-state index contributed by atoms with van der Waals surface area (Å²) in [5, 5.41) is 5.29. The summed E-state index contributed by atoms with van der Waals surface area (Å²) in [4.78, 5) is 12.4. The van der Waals surface area contributed by atoms with Gasteiger partial charge in [0.25, 0.3) is 5.91 Å². The average molecular weight is 389 g/mol. The fourth-order valence-electron chi connectivity index (χ4n) is 4.31. The molecule has 3 unspecified atom stereocenters. The molecular weight excluding hydrogens is 369 g/mol. The van der Waals surface area contributed by atoms with Crippen LogP contribution in [-0.2, 0) is 0 Å². The van der Waals surface area contributed by atoms with Crippen molar-refractivity contribution in [3.05, 3.63) is 19.9 Å². The zero-order valence-electron chi connectivity index (χ0n) is 11.6. The number of rotatable bonds is 2. The van der Waals surface area contributed by atoms with E-state index in [2.05, 4.69) is 48.7 Å². The van der Waals surface area contributed by atoms with Gasteiger partial charge in [0.05, 0.1) is 8.45 Å². The number of carbonyl (C=O) groups excluding carboxylic acids is 1. The van der Waals surface area contributed by atoms with E-state index in [0.717, 1.165) is 11.5 Å². The molecule has 2 fully saturated rings. The van der Waals surface area contributed by atoms with Crippen molar-refractivity contribution in [2.45, 2.75) is 46.1 Å². The predicted molar refractivity (Wildman–Crippen MR) is 87.5 cm³/mol. The lowest BCUT2D eigenvalue weighted by atomic mass is 9.68. The number of amides is 1. The molecular formula is C15H20INOS. The van der Waals surface area contributed by atoms with E-state index < -0.39 is 0 Å². The summed E-state index contributed by atoms with van der Waals surface area (Å²) in [5.74, 6) is 0.872. The molecule has 2 bridgehead atoms. The van der Waals surface area contributed by atoms with Crippen molar-refractivity contribution < 1.29 is 4.79 Å². The van der Waals surface area contributed by atoms with Gasteiger partial charge in [0, 0.05) is 11.4 Å². The lowest BCUT2D eigenvalue weighted by Gasteiger charge is -2.43. The van der Waals surface area contributed by atoms with Crippen LogP contribution in [0.1, 0.15) is 50.4 Å². The van der Waals surface area contributed by atoms with Gasteiger partial charge in [-0.15, -0.1) is 11.3 Å². The first-order valence-corrected chi connectivity index (χ1v) is 8.84. The monoisotopic (exact) mass is 389 g/mol. The maximum atomic E-state index is 12.4. The Morgan fingerprint density at radius 1 is 1.47 bits per heavy atom. The molecule has 1 heterocycles. The molecule has 2 aliphatic rings. The van der Waals surface area contributed by atoms with Gasteiger partial charge in [0.15, 0.2) is 0 Å². The Bertz CT molecular complexity index is 519. The molecule has 1 N–H and O–H groups in total. The molecule has 104 valence electrons. The maximum absolute atomic E-state index is 12.4. The summed E-state index contributed by atoms with van der Waals surface area (Å²) in [5.41, 5.74) is 1.34. The van der Waals surface area contributed by atoms with Crippen LogP contribution in [0, 0.1) is 19.6 Å². The van der Waals surface area contributed by atoms with Gasteiger partial charge < -0.3 is 5.32 Å². The van der Waals surface area contributed by atoms with Crippen molar-refractivity contribution >= 4 is 39.8 Å². The second-order valence-electron chi connectivity index (χ2n) is 6.96. The van der Waals surface area contributed by atoms with E-state index in [-0.39, 0.29) is 11.3 Å². The van der Waals surface area contributed by atoms with Crippen LogP contribution in [-0.4, -0.2) is 11.9 Å². The molecule has 1 aromatic heterocycles. The van der Waals surface area contributed by atoms with Gasteiger partial charge in [-0.05, 0) is 64.7 Å². The number of halogens is 1. The van der Waals surface area contributed by atoms with E-state index in [1.807, 2.05) is 11.4 Å². The topological polar surface area (TPSA) is 29.1 Å². The molecule has 0 saturated heterocycles. The Morgan fingerprint density at radius 2 is 2.21 bits per heavy atom. The molecule has 4 heteroatoms. The Kier molecular flexibility index (Phi) is 3.25. The zero-order chi connectivity index (χ0) is 13.8. The Morgan fingerprint density at radius 3 is 2.74 bits per heavy atom. The number of thiophene rings is 1. The summed E-state index contributed by atoms with van der Waals surface area (Å²) in [7, 11) is 0. The largest absolute Gasteiger partial charge is 0.348 e. The quantitative estimate of drug-likeness (QED) is 0.751. The Hall–Kier alpha value is -0.100. The van der Waals surface area contributed by atoms with Gasteiger partial charge in [-0.2, -0.15) is 0 Å². The summed E-state index contributed by atoms with van der Waals surface area (Å²) >= 11 is 3.90. The predicted octanol–water partition coefficient (Wildman–Crippen LogP) is 4.30. The molecule has 1 amide bonds. The van der Waals surface area contributed by atoms with Crippen LogP contribution in [0.5, 0.6) is 0 Å². The third kappa shape index (κ3) is 2.15. The Labute approximate surface area is 132 Å². The lowest BCUT2D eigenvalue weighted by Crippen LogP contribution is -2.52. The van der Waals surface area contributed by atoms with Gasteiger partial charge in [0.2, 0.25) is 0 Å². The van der Waals surface area contributed by atoms with Gasteiger partial charge in [-0.3, -0.25) is 4.79 Å². The first-order chi connectivity index (χ1) is 8.83. The van der Waals surface area contributed by atoms with Crippen molar-refractivity contribution in [2.75, 3.05) is 0 Å². The third-order valence-electron chi connectivity index (χ3n) is 5.37. The first-order valence-electron chi connectivity index (χ1n) is 6.88. The van der Waals surface area contributed by atoms with E-state index in [1.165, 1.54) is 22.1 Å². The average Bonchev–Trinajstić information content (AvgIpc) is 2.96. The highest BCUT2D eigenvalue weighted by molar-refractivity contribution is 14.1. The molecule has 2 saturated carbocycles. The first kappa shape index (κ1) is 13.9. The lowest BCUT2D eigenvalue weighted by molar-refractivity contribution is 0.0738. The van der Waals surface area contributed by atoms with Crippen molar-refractivity contribution in [3.8, 4) is 0 Å². The highest BCUT2D eigenvalue weighted by Crippen LogP contribution is 2.62. The van der Waals surface area contributed by atoms with Crippen LogP contribution in [0.4, 0.5) is 0 Å². The molecule has 3 atom stereocenters. The zero-order valence-corrected chi connectivity index (χ0v) is 14.6. The van der Waals surface area contributed by atoms with Gasteiger partial charge in [-0.25, -0.2) is 0 Å². The van der Waals surface area contributed by atoms with E-state index in [0.29, 0.717) is 11.5 Å². The normalized spacial score (nSPS) is 35.6. The van der Waals surface area contributed by atoms with E-state index in [9.17, 15) is 4.79 Å². The van der Waals surface area contributed by atoms with Gasteiger partial charge >= 0.3 is 0 Å². The van der Waals surface area contributed by atoms with Crippen molar-refractivity contribution in [3.63, 3.8) is 0 Å². The number of fused-ring (bicyclic) bond motifs is 2. The SMILES string of the molecule is CC12CCC(C1)C(C)(C)C2NC(=O)c1csc(I)c1. The summed E-state index contributed by atoms with van der Waals surface area (Å²) in [6.07, 6.45) is 3.85. The molecule has 3 rings (SSSR count). The number of nitrogens with one attached hydrogen (secondary N) is 1. The number of carbonyl (C=O) groups is 1. The molecule has 2 aliphatic carbocycles. The number of hydrogen-bond donors (Lipinski definition) is 1. The van der Waals surface area contributed by atoms with Crippen LogP contribution in [0.2, 0.25) is 0 Å². The van der Waals surface area contributed by atoms with Crippen molar-refractivity contribution in [1.82, 2.24) is 5.32 Å². The highest BCUT2D eigenvalue weighted by atomic mass is 127. The fraction of sp³-hybridized carbons (Fsp3) is 0.667. The number of hydrogen-bond acceptors (Lipinski definition) is 2. The van der Waals surface area contributed by atoms with Crippen LogP contribution in [0.25, 0.3) is 0 Å². The molecule has 0 radical (unpaired) electrons. The highest BCUT2D eigenvalue weighted by Gasteiger charge is 2.59.